The average molecular weight is 303 g/mol. The van der Waals surface area contributed by atoms with E-state index < -0.39 is 0 Å². The van der Waals surface area contributed by atoms with E-state index in [1.54, 1.807) is 17.0 Å². The lowest BCUT2D eigenvalue weighted by Gasteiger charge is -2.22. The average Bonchev–Trinajstić information content (AvgIpc) is 2.63. The number of nitrogen functional groups attached to an aromatic ring is 1. The summed E-state index contributed by atoms with van der Waals surface area (Å²) in [6.07, 6.45) is 0.359. The predicted octanol–water partition coefficient (Wildman–Crippen LogP) is 3.24. The smallest absolute Gasteiger partial charge is 0.230 e. The topological polar surface area (TPSA) is 55.6 Å². The number of ether oxygens (including phenoxy) is 1. The van der Waals surface area contributed by atoms with Crippen molar-refractivity contribution in [2.24, 2.45) is 0 Å². The summed E-state index contributed by atoms with van der Waals surface area (Å²) in [7, 11) is 0. The summed E-state index contributed by atoms with van der Waals surface area (Å²) in [6.45, 7) is 0.843. The molecule has 4 nitrogen and oxygen atoms in total. The third-order valence-corrected chi connectivity index (χ3v) is 3.78. The van der Waals surface area contributed by atoms with E-state index in [1.807, 2.05) is 30.3 Å². The number of hydrogen-bond acceptors (Lipinski definition) is 3. The van der Waals surface area contributed by atoms with E-state index in [0.29, 0.717) is 30.3 Å². The molecule has 21 heavy (non-hydrogen) atoms. The summed E-state index contributed by atoms with van der Waals surface area (Å²) < 4.78 is 5.62. The molecule has 1 aliphatic rings. The Morgan fingerprint density at radius 3 is 2.86 bits per heavy atom. The van der Waals surface area contributed by atoms with Gasteiger partial charge in [0.2, 0.25) is 5.91 Å². The fraction of sp³-hybridized carbons (Fsp3) is 0.188. The lowest BCUT2D eigenvalue weighted by Crippen LogP contribution is -2.29. The minimum absolute atomic E-state index is 0.0356. The lowest BCUT2D eigenvalue weighted by molar-refractivity contribution is -0.118. The van der Waals surface area contributed by atoms with Gasteiger partial charge in [-0.1, -0.05) is 29.8 Å². The molecule has 3 rings (SSSR count). The Balaban J connectivity index is 1.95. The first-order valence-corrected chi connectivity index (χ1v) is 7.09. The Labute approximate surface area is 128 Å². The Hall–Kier alpha value is -2.20. The monoisotopic (exact) mass is 302 g/mol. The SMILES string of the molecule is Nc1cc(CN2C(=O)CCOc3ccccc32)ccc1Cl. The van der Waals surface area contributed by atoms with Gasteiger partial charge in [0, 0.05) is 0 Å². The van der Waals surface area contributed by atoms with Gasteiger partial charge in [-0.2, -0.15) is 0 Å². The number of anilines is 2. The molecule has 0 saturated carbocycles. The summed E-state index contributed by atoms with van der Waals surface area (Å²) >= 11 is 5.93. The second kappa shape index (κ2) is 5.66. The van der Waals surface area contributed by atoms with E-state index in [-0.39, 0.29) is 5.91 Å². The molecule has 5 heteroatoms. The fourth-order valence-electron chi connectivity index (χ4n) is 2.37. The van der Waals surface area contributed by atoms with Crippen LogP contribution in [0.4, 0.5) is 11.4 Å². The van der Waals surface area contributed by atoms with Crippen LogP contribution >= 0.6 is 11.6 Å². The number of rotatable bonds is 2. The quantitative estimate of drug-likeness (QED) is 0.867. The number of benzene rings is 2. The normalized spacial score (nSPS) is 14.3. The van der Waals surface area contributed by atoms with Crippen molar-refractivity contribution in [1.82, 2.24) is 0 Å². The fourth-order valence-corrected chi connectivity index (χ4v) is 2.48. The number of amides is 1. The molecule has 0 radical (unpaired) electrons. The molecule has 0 bridgehead atoms. The molecule has 0 aromatic heterocycles. The predicted molar refractivity (Wildman–Crippen MR) is 83.6 cm³/mol. The molecule has 2 aromatic rings. The highest BCUT2D eigenvalue weighted by Crippen LogP contribution is 2.32. The van der Waals surface area contributed by atoms with Gasteiger partial charge in [0.25, 0.3) is 0 Å². The van der Waals surface area contributed by atoms with Crippen LogP contribution in [0.1, 0.15) is 12.0 Å². The van der Waals surface area contributed by atoms with Crippen LogP contribution in [0, 0.1) is 0 Å². The molecular formula is C16H15ClN2O2. The zero-order valence-electron chi connectivity index (χ0n) is 11.4. The van der Waals surface area contributed by atoms with Gasteiger partial charge in [-0.25, -0.2) is 0 Å². The standard InChI is InChI=1S/C16H15ClN2O2/c17-12-6-5-11(9-13(12)18)10-19-14-3-1-2-4-15(14)21-8-7-16(19)20/h1-6,9H,7-8,10,18H2. The third kappa shape index (κ3) is 2.81. The number of nitrogens with two attached hydrogens (primary N) is 1. The van der Waals surface area contributed by atoms with Crippen molar-refractivity contribution >= 4 is 28.9 Å². The number of hydrogen-bond donors (Lipinski definition) is 1. The van der Waals surface area contributed by atoms with Crippen LogP contribution in [0.2, 0.25) is 5.02 Å². The highest BCUT2D eigenvalue weighted by atomic mass is 35.5. The number of fused-ring (bicyclic) bond motifs is 1. The van der Waals surface area contributed by atoms with Crippen molar-refractivity contribution in [3.63, 3.8) is 0 Å². The summed E-state index contributed by atoms with van der Waals surface area (Å²) in [5, 5.41) is 0.518. The Morgan fingerprint density at radius 2 is 2.05 bits per heavy atom. The van der Waals surface area contributed by atoms with Crippen molar-refractivity contribution in [3.05, 3.63) is 53.1 Å². The number of para-hydroxylation sites is 2. The minimum atomic E-state index is 0.0356. The van der Waals surface area contributed by atoms with E-state index in [9.17, 15) is 4.79 Å². The Morgan fingerprint density at radius 1 is 1.24 bits per heavy atom. The Bertz CT molecular complexity index is 688. The molecule has 0 saturated heterocycles. The Kier molecular flexibility index (Phi) is 3.71. The van der Waals surface area contributed by atoms with E-state index >= 15 is 0 Å². The van der Waals surface area contributed by atoms with Crippen LogP contribution in [0.25, 0.3) is 0 Å². The highest BCUT2D eigenvalue weighted by molar-refractivity contribution is 6.33. The number of halogens is 1. The van der Waals surface area contributed by atoms with Crippen molar-refractivity contribution in [3.8, 4) is 5.75 Å². The number of nitrogens with zero attached hydrogens (tertiary/aromatic N) is 1. The first-order chi connectivity index (χ1) is 10.1. The molecule has 0 aliphatic carbocycles. The molecule has 1 amide bonds. The molecule has 2 N–H and O–H groups in total. The third-order valence-electron chi connectivity index (χ3n) is 3.43. The van der Waals surface area contributed by atoms with Crippen molar-refractivity contribution in [2.75, 3.05) is 17.2 Å². The molecule has 108 valence electrons. The van der Waals surface area contributed by atoms with Gasteiger partial charge in [-0.3, -0.25) is 4.79 Å². The van der Waals surface area contributed by atoms with Crippen LogP contribution in [0.3, 0.4) is 0 Å². The molecule has 1 heterocycles. The van der Waals surface area contributed by atoms with Crippen LogP contribution in [-0.2, 0) is 11.3 Å². The van der Waals surface area contributed by atoms with Gasteiger partial charge in [0.1, 0.15) is 5.75 Å². The zero-order valence-corrected chi connectivity index (χ0v) is 12.1. The maximum absolute atomic E-state index is 12.3. The van der Waals surface area contributed by atoms with Crippen molar-refractivity contribution < 1.29 is 9.53 Å². The second-order valence-corrected chi connectivity index (χ2v) is 5.31. The first kappa shape index (κ1) is 13.8. The van der Waals surface area contributed by atoms with Gasteiger partial charge in [-0.15, -0.1) is 0 Å². The van der Waals surface area contributed by atoms with Gasteiger partial charge in [-0.05, 0) is 29.8 Å². The molecule has 2 aromatic carbocycles. The van der Waals surface area contributed by atoms with Crippen molar-refractivity contribution in [1.29, 1.82) is 0 Å². The van der Waals surface area contributed by atoms with Crippen LogP contribution < -0.4 is 15.4 Å². The van der Waals surface area contributed by atoms with E-state index in [4.69, 9.17) is 22.1 Å². The summed E-state index contributed by atoms with van der Waals surface area (Å²) in [6, 6.07) is 13.0. The molecule has 0 spiro atoms. The molecule has 0 atom stereocenters. The second-order valence-electron chi connectivity index (χ2n) is 4.90. The lowest BCUT2D eigenvalue weighted by atomic mass is 10.1. The van der Waals surface area contributed by atoms with E-state index in [1.165, 1.54) is 0 Å². The molecular weight excluding hydrogens is 288 g/mol. The van der Waals surface area contributed by atoms with Gasteiger partial charge in [0.05, 0.1) is 36.0 Å². The van der Waals surface area contributed by atoms with Crippen molar-refractivity contribution in [2.45, 2.75) is 13.0 Å². The summed E-state index contributed by atoms with van der Waals surface area (Å²) in [5.74, 6) is 0.763. The summed E-state index contributed by atoms with van der Waals surface area (Å²) in [4.78, 5) is 14.0. The summed E-state index contributed by atoms with van der Waals surface area (Å²) in [5.41, 5.74) is 8.06. The largest absolute Gasteiger partial charge is 0.491 e. The zero-order chi connectivity index (χ0) is 14.8. The highest BCUT2D eigenvalue weighted by Gasteiger charge is 2.23. The van der Waals surface area contributed by atoms with Gasteiger partial charge >= 0.3 is 0 Å². The van der Waals surface area contributed by atoms with Gasteiger partial charge in [0.15, 0.2) is 0 Å². The van der Waals surface area contributed by atoms with Crippen LogP contribution in [0.5, 0.6) is 5.75 Å². The maximum atomic E-state index is 12.3. The number of carbonyl (C=O) groups excluding carboxylic acids is 1. The number of carbonyl (C=O) groups is 1. The van der Waals surface area contributed by atoms with Gasteiger partial charge < -0.3 is 15.4 Å². The first-order valence-electron chi connectivity index (χ1n) is 6.71. The van der Waals surface area contributed by atoms with E-state index in [0.717, 1.165) is 17.0 Å². The van der Waals surface area contributed by atoms with E-state index in [2.05, 4.69) is 0 Å². The maximum Gasteiger partial charge on any atom is 0.230 e. The minimum Gasteiger partial charge on any atom is -0.491 e. The molecule has 1 aliphatic heterocycles. The molecule has 0 unspecified atom stereocenters. The molecule has 0 fully saturated rings. The van der Waals surface area contributed by atoms with Crippen LogP contribution in [-0.4, -0.2) is 12.5 Å². The van der Waals surface area contributed by atoms with Crippen LogP contribution in [0.15, 0.2) is 42.5 Å².